The van der Waals surface area contributed by atoms with Crippen LogP contribution in [0.1, 0.15) is 35.9 Å². The molecule has 5 heteroatoms. The molecule has 94 valence electrons. The van der Waals surface area contributed by atoms with Crippen molar-refractivity contribution < 1.29 is 15.0 Å². The molecule has 1 atom stereocenters. The Morgan fingerprint density at radius 2 is 2.29 bits per heavy atom. The van der Waals surface area contributed by atoms with Crippen LogP contribution in [-0.2, 0) is 6.54 Å². The van der Waals surface area contributed by atoms with Crippen LogP contribution in [-0.4, -0.2) is 33.8 Å². The highest BCUT2D eigenvalue weighted by molar-refractivity contribution is 5.85. The predicted octanol–water partition coefficient (Wildman–Crippen LogP) is 1.03. The van der Waals surface area contributed by atoms with Gasteiger partial charge in [0.05, 0.1) is 11.8 Å². The first kappa shape index (κ1) is 13.6. The summed E-state index contributed by atoms with van der Waals surface area (Å²) in [4.78, 5) is 14.7. The number of nitrogens with one attached hydrogen (secondary N) is 1. The summed E-state index contributed by atoms with van der Waals surface area (Å²) in [6.45, 7) is 2.97. The zero-order chi connectivity index (χ0) is 12.7. The largest absolute Gasteiger partial charge is 0.477 e. The Labute approximate surface area is 101 Å². The lowest BCUT2D eigenvalue weighted by Crippen LogP contribution is -2.26. The number of carboxylic acids is 1. The zero-order valence-corrected chi connectivity index (χ0v) is 9.89. The van der Waals surface area contributed by atoms with Gasteiger partial charge in [0.15, 0.2) is 0 Å². The van der Waals surface area contributed by atoms with Crippen LogP contribution >= 0.6 is 0 Å². The maximum atomic E-state index is 10.7. The van der Waals surface area contributed by atoms with Crippen LogP contribution in [0.2, 0.25) is 0 Å². The highest BCUT2D eigenvalue weighted by atomic mass is 16.4. The molecule has 0 bridgehead atoms. The molecule has 0 radical (unpaired) electrons. The molecule has 0 spiro atoms. The number of pyridine rings is 1. The number of carbonyl (C=O) groups is 1. The van der Waals surface area contributed by atoms with Gasteiger partial charge >= 0.3 is 5.97 Å². The monoisotopic (exact) mass is 238 g/mol. The molecule has 0 saturated heterocycles. The van der Waals surface area contributed by atoms with Crippen molar-refractivity contribution in [3.05, 3.63) is 29.6 Å². The Kier molecular flexibility index (Phi) is 5.59. The van der Waals surface area contributed by atoms with E-state index < -0.39 is 5.97 Å². The lowest BCUT2D eigenvalue weighted by molar-refractivity contribution is 0.0690. The Hall–Kier alpha value is -1.46. The second-order valence-corrected chi connectivity index (χ2v) is 3.89. The van der Waals surface area contributed by atoms with Gasteiger partial charge in [-0.3, -0.25) is 0 Å². The SMILES string of the molecule is CCCC(O)CNCc1cccc(C(=O)O)n1. The fourth-order valence-electron chi connectivity index (χ4n) is 1.50. The van der Waals surface area contributed by atoms with Crippen molar-refractivity contribution in [2.75, 3.05) is 6.54 Å². The molecule has 1 rings (SSSR count). The third kappa shape index (κ3) is 4.93. The molecule has 1 aromatic heterocycles. The number of aliphatic hydroxyl groups excluding tert-OH is 1. The maximum absolute atomic E-state index is 10.7. The second-order valence-electron chi connectivity index (χ2n) is 3.89. The van der Waals surface area contributed by atoms with Crippen LogP contribution in [0.5, 0.6) is 0 Å². The molecule has 0 aromatic carbocycles. The molecular formula is C12H18N2O3. The third-order valence-corrected chi connectivity index (χ3v) is 2.33. The highest BCUT2D eigenvalue weighted by Gasteiger charge is 2.06. The van der Waals surface area contributed by atoms with Crippen LogP contribution in [0.15, 0.2) is 18.2 Å². The van der Waals surface area contributed by atoms with Crippen LogP contribution in [0, 0.1) is 0 Å². The van der Waals surface area contributed by atoms with Crippen molar-refractivity contribution in [1.82, 2.24) is 10.3 Å². The molecule has 3 N–H and O–H groups in total. The minimum atomic E-state index is -1.03. The molecule has 0 aliphatic heterocycles. The van der Waals surface area contributed by atoms with E-state index in [0.29, 0.717) is 18.8 Å². The van der Waals surface area contributed by atoms with Gasteiger partial charge in [-0.1, -0.05) is 19.4 Å². The van der Waals surface area contributed by atoms with Gasteiger partial charge in [-0.25, -0.2) is 9.78 Å². The van der Waals surface area contributed by atoms with Gasteiger partial charge in [0.1, 0.15) is 5.69 Å². The number of aromatic nitrogens is 1. The van der Waals surface area contributed by atoms with E-state index in [1.807, 2.05) is 6.92 Å². The molecule has 17 heavy (non-hydrogen) atoms. The first-order valence-electron chi connectivity index (χ1n) is 5.71. The molecule has 0 fully saturated rings. The summed E-state index contributed by atoms with van der Waals surface area (Å²) in [6, 6.07) is 4.87. The Morgan fingerprint density at radius 1 is 1.53 bits per heavy atom. The molecule has 1 heterocycles. The van der Waals surface area contributed by atoms with Gasteiger partial charge in [0.25, 0.3) is 0 Å². The number of carboxylic acid groups (broad SMARTS) is 1. The third-order valence-electron chi connectivity index (χ3n) is 2.33. The Morgan fingerprint density at radius 3 is 2.94 bits per heavy atom. The topological polar surface area (TPSA) is 82.5 Å². The Bertz CT molecular complexity index is 369. The van der Waals surface area contributed by atoms with Gasteiger partial charge < -0.3 is 15.5 Å². The molecular weight excluding hydrogens is 220 g/mol. The smallest absolute Gasteiger partial charge is 0.354 e. The lowest BCUT2D eigenvalue weighted by Gasteiger charge is -2.10. The van der Waals surface area contributed by atoms with Gasteiger partial charge in [0.2, 0.25) is 0 Å². The van der Waals surface area contributed by atoms with Crippen molar-refractivity contribution >= 4 is 5.97 Å². The lowest BCUT2D eigenvalue weighted by atomic mass is 10.2. The summed E-state index contributed by atoms with van der Waals surface area (Å²) < 4.78 is 0. The van der Waals surface area contributed by atoms with Gasteiger partial charge in [-0.15, -0.1) is 0 Å². The van der Waals surface area contributed by atoms with Crippen molar-refractivity contribution in [3.63, 3.8) is 0 Å². The minimum absolute atomic E-state index is 0.0402. The van der Waals surface area contributed by atoms with Gasteiger partial charge in [-0.2, -0.15) is 0 Å². The Balaban J connectivity index is 2.41. The number of rotatable bonds is 7. The summed E-state index contributed by atoms with van der Waals surface area (Å²) >= 11 is 0. The van der Waals surface area contributed by atoms with Gasteiger partial charge in [0, 0.05) is 13.1 Å². The number of nitrogens with zero attached hydrogens (tertiary/aromatic N) is 1. The summed E-state index contributed by atoms with van der Waals surface area (Å²) in [5.41, 5.74) is 0.701. The van der Waals surface area contributed by atoms with Gasteiger partial charge in [-0.05, 0) is 18.6 Å². The summed E-state index contributed by atoms with van der Waals surface area (Å²) in [5.74, 6) is -1.03. The van der Waals surface area contributed by atoms with Crippen molar-refractivity contribution in [2.45, 2.75) is 32.4 Å². The van der Waals surface area contributed by atoms with Crippen LogP contribution < -0.4 is 5.32 Å². The number of hydrogen-bond donors (Lipinski definition) is 3. The second kappa shape index (κ2) is 6.98. The normalized spacial score (nSPS) is 12.4. The zero-order valence-electron chi connectivity index (χ0n) is 9.89. The van der Waals surface area contributed by atoms with Crippen molar-refractivity contribution in [2.24, 2.45) is 0 Å². The van der Waals surface area contributed by atoms with E-state index >= 15 is 0 Å². The molecule has 0 amide bonds. The maximum Gasteiger partial charge on any atom is 0.354 e. The van der Waals surface area contributed by atoms with E-state index in [9.17, 15) is 9.90 Å². The summed E-state index contributed by atoms with van der Waals surface area (Å²) in [6.07, 6.45) is 1.34. The van der Waals surface area contributed by atoms with Crippen molar-refractivity contribution in [3.8, 4) is 0 Å². The standard InChI is InChI=1S/C12H18N2O3/c1-2-4-10(15)8-13-7-9-5-3-6-11(14-9)12(16)17/h3,5-6,10,13,15H,2,4,7-8H2,1H3,(H,16,17). The summed E-state index contributed by atoms with van der Waals surface area (Å²) in [7, 11) is 0. The average Bonchev–Trinajstić information content (AvgIpc) is 2.30. The number of aliphatic hydroxyl groups is 1. The fraction of sp³-hybridized carbons (Fsp3) is 0.500. The van der Waals surface area contributed by atoms with Crippen LogP contribution in [0.25, 0.3) is 0 Å². The quantitative estimate of drug-likeness (QED) is 0.661. The molecule has 0 aliphatic rings. The van der Waals surface area contributed by atoms with Crippen molar-refractivity contribution in [1.29, 1.82) is 0 Å². The van der Waals surface area contributed by atoms with E-state index in [4.69, 9.17) is 5.11 Å². The first-order valence-corrected chi connectivity index (χ1v) is 5.71. The van der Waals surface area contributed by atoms with E-state index in [1.54, 1.807) is 12.1 Å². The average molecular weight is 238 g/mol. The van der Waals surface area contributed by atoms with E-state index in [1.165, 1.54) is 6.07 Å². The molecule has 0 aliphatic carbocycles. The number of hydrogen-bond acceptors (Lipinski definition) is 4. The molecule has 0 saturated carbocycles. The highest BCUT2D eigenvalue weighted by Crippen LogP contribution is 2.00. The molecule has 1 aromatic rings. The predicted molar refractivity (Wildman–Crippen MR) is 63.8 cm³/mol. The fourth-order valence-corrected chi connectivity index (χ4v) is 1.50. The van der Waals surface area contributed by atoms with E-state index in [0.717, 1.165) is 12.8 Å². The van der Waals surface area contributed by atoms with E-state index in [2.05, 4.69) is 10.3 Å². The number of aromatic carboxylic acids is 1. The summed E-state index contributed by atoms with van der Waals surface area (Å²) in [5, 5.41) is 21.3. The molecule has 1 unspecified atom stereocenters. The molecule has 5 nitrogen and oxygen atoms in total. The van der Waals surface area contributed by atoms with Crippen LogP contribution in [0.4, 0.5) is 0 Å². The minimum Gasteiger partial charge on any atom is -0.477 e. The van der Waals surface area contributed by atoms with E-state index in [-0.39, 0.29) is 11.8 Å². The first-order chi connectivity index (χ1) is 8.13. The van der Waals surface area contributed by atoms with Crippen LogP contribution in [0.3, 0.4) is 0 Å².